The van der Waals surface area contributed by atoms with Crippen LogP contribution in [0.25, 0.3) is 10.9 Å². The van der Waals surface area contributed by atoms with Gasteiger partial charge in [0.1, 0.15) is 5.78 Å². The highest BCUT2D eigenvalue weighted by Crippen LogP contribution is 2.49. The molecule has 27 heavy (non-hydrogen) atoms. The molecule has 0 spiro atoms. The molecular formula is C21H22N2O4. The lowest BCUT2D eigenvalue weighted by Crippen LogP contribution is -2.53. The summed E-state index contributed by atoms with van der Waals surface area (Å²) in [4.78, 5) is 44.9. The van der Waals surface area contributed by atoms with Gasteiger partial charge in [0, 0.05) is 30.2 Å². The standard InChI is InChI=1S/C21H22N2O4/c1-4-15(24)16-11(2)20(25)23-10-13-9-12-7-5-6-8-14(12)22-18(13)19(23)17(16)21(26)27-3/h5-9,11,16-17,19H,4,10H2,1-3H3. The lowest BCUT2D eigenvalue weighted by atomic mass is 9.70. The summed E-state index contributed by atoms with van der Waals surface area (Å²) < 4.78 is 5.05. The smallest absolute Gasteiger partial charge is 0.311 e. The van der Waals surface area contributed by atoms with Crippen LogP contribution in [0, 0.1) is 17.8 Å². The number of carbonyl (C=O) groups excluding carboxylic acids is 3. The molecule has 0 aliphatic carbocycles. The highest BCUT2D eigenvalue weighted by molar-refractivity contribution is 5.95. The third-order valence-corrected chi connectivity index (χ3v) is 5.92. The van der Waals surface area contributed by atoms with Crippen LogP contribution in [-0.2, 0) is 25.7 Å². The van der Waals surface area contributed by atoms with Crippen LogP contribution in [0.1, 0.15) is 37.6 Å². The number of nitrogens with zero attached hydrogens (tertiary/aromatic N) is 2. The number of para-hydroxylation sites is 1. The quantitative estimate of drug-likeness (QED) is 0.781. The zero-order valence-corrected chi connectivity index (χ0v) is 15.6. The number of hydrogen-bond acceptors (Lipinski definition) is 5. The molecule has 140 valence electrons. The second kappa shape index (κ2) is 6.44. The minimum absolute atomic E-state index is 0.0832. The first-order valence-corrected chi connectivity index (χ1v) is 9.27. The van der Waals surface area contributed by atoms with Crippen molar-refractivity contribution in [2.24, 2.45) is 17.8 Å². The van der Waals surface area contributed by atoms with E-state index in [1.54, 1.807) is 18.7 Å². The summed E-state index contributed by atoms with van der Waals surface area (Å²) in [7, 11) is 1.32. The number of esters is 1. The lowest BCUT2D eigenvalue weighted by Gasteiger charge is -2.42. The number of pyridine rings is 1. The molecule has 1 fully saturated rings. The van der Waals surface area contributed by atoms with Gasteiger partial charge in [0.15, 0.2) is 0 Å². The van der Waals surface area contributed by atoms with Crippen LogP contribution in [0.15, 0.2) is 30.3 Å². The Hall–Kier alpha value is -2.76. The number of carbonyl (C=O) groups is 3. The number of aromatic nitrogens is 1. The van der Waals surface area contributed by atoms with Crippen molar-refractivity contribution in [1.82, 2.24) is 9.88 Å². The van der Waals surface area contributed by atoms with Gasteiger partial charge >= 0.3 is 5.97 Å². The third-order valence-electron chi connectivity index (χ3n) is 5.92. The minimum atomic E-state index is -0.731. The highest BCUT2D eigenvalue weighted by Gasteiger charge is 2.56. The monoisotopic (exact) mass is 366 g/mol. The molecule has 2 aliphatic rings. The highest BCUT2D eigenvalue weighted by atomic mass is 16.5. The summed E-state index contributed by atoms with van der Waals surface area (Å²) >= 11 is 0. The van der Waals surface area contributed by atoms with Gasteiger partial charge in [0.05, 0.1) is 30.3 Å². The first-order valence-electron chi connectivity index (χ1n) is 9.27. The first-order chi connectivity index (χ1) is 13.0. The maximum atomic E-state index is 13.0. The van der Waals surface area contributed by atoms with Crippen molar-refractivity contribution >= 4 is 28.6 Å². The second-order valence-corrected chi connectivity index (χ2v) is 7.32. The zero-order valence-electron chi connectivity index (χ0n) is 15.6. The molecule has 0 radical (unpaired) electrons. The number of ketones is 1. The number of piperidine rings is 1. The van der Waals surface area contributed by atoms with Crippen LogP contribution in [-0.4, -0.2) is 34.7 Å². The van der Waals surface area contributed by atoms with Gasteiger partial charge in [0.25, 0.3) is 0 Å². The Kier molecular flexibility index (Phi) is 4.21. The number of amides is 1. The van der Waals surface area contributed by atoms with E-state index in [1.807, 2.05) is 30.3 Å². The fourth-order valence-corrected chi connectivity index (χ4v) is 4.61. The van der Waals surface area contributed by atoms with Gasteiger partial charge in [-0.2, -0.15) is 0 Å². The van der Waals surface area contributed by atoms with Crippen molar-refractivity contribution in [2.75, 3.05) is 7.11 Å². The second-order valence-electron chi connectivity index (χ2n) is 7.32. The van der Waals surface area contributed by atoms with Gasteiger partial charge in [-0.3, -0.25) is 19.4 Å². The number of benzene rings is 1. The Bertz CT molecular complexity index is 954. The average molecular weight is 366 g/mol. The van der Waals surface area contributed by atoms with E-state index in [9.17, 15) is 14.4 Å². The third kappa shape index (κ3) is 2.54. The maximum Gasteiger partial charge on any atom is 0.311 e. The summed E-state index contributed by atoms with van der Waals surface area (Å²) in [6, 6.07) is 9.21. The number of rotatable bonds is 3. The first kappa shape index (κ1) is 17.6. The molecule has 2 aliphatic heterocycles. The van der Waals surface area contributed by atoms with Crippen molar-refractivity contribution in [3.05, 3.63) is 41.6 Å². The van der Waals surface area contributed by atoms with Gasteiger partial charge in [-0.25, -0.2) is 0 Å². The van der Waals surface area contributed by atoms with E-state index in [2.05, 4.69) is 0 Å². The Balaban J connectivity index is 1.90. The molecule has 4 rings (SSSR count). The Morgan fingerprint density at radius 3 is 2.70 bits per heavy atom. The summed E-state index contributed by atoms with van der Waals surface area (Å²) in [5.41, 5.74) is 2.45. The molecule has 0 N–H and O–H groups in total. The lowest BCUT2D eigenvalue weighted by molar-refractivity contribution is -0.167. The average Bonchev–Trinajstić information content (AvgIpc) is 3.05. The summed E-state index contributed by atoms with van der Waals surface area (Å²) in [6.07, 6.45) is 0.278. The van der Waals surface area contributed by atoms with E-state index in [-0.39, 0.29) is 18.1 Å². The van der Waals surface area contributed by atoms with Crippen molar-refractivity contribution in [3.8, 4) is 0 Å². The fraction of sp³-hybridized carbons (Fsp3) is 0.429. The topological polar surface area (TPSA) is 76.6 Å². The Morgan fingerprint density at radius 2 is 2.00 bits per heavy atom. The molecule has 3 heterocycles. The summed E-state index contributed by atoms with van der Waals surface area (Å²) in [5, 5.41) is 0.993. The molecule has 6 heteroatoms. The van der Waals surface area contributed by atoms with Gasteiger partial charge < -0.3 is 9.64 Å². The molecule has 0 bridgehead atoms. The molecular weight excluding hydrogens is 344 g/mol. The van der Waals surface area contributed by atoms with E-state index < -0.39 is 29.8 Å². The fourth-order valence-electron chi connectivity index (χ4n) is 4.61. The number of hydrogen-bond donors (Lipinski definition) is 0. The van der Waals surface area contributed by atoms with Crippen LogP contribution in [0.3, 0.4) is 0 Å². The maximum absolute atomic E-state index is 13.0. The van der Waals surface area contributed by atoms with Crippen LogP contribution in [0.2, 0.25) is 0 Å². The van der Waals surface area contributed by atoms with Crippen molar-refractivity contribution in [1.29, 1.82) is 0 Å². The molecule has 6 nitrogen and oxygen atoms in total. The Labute approximate surface area is 157 Å². The van der Waals surface area contributed by atoms with Crippen molar-refractivity contribution in [3.63, 3.8) is 0 Å². The van der Waals surface area contributed by atoms with Gasteiger partial charge in [-0.15, -0.1) is 0 Å². The summed E-state index contributed by atoms with van der Waals surface area (Å²) in [5.74, 6) is -2.62. The SMILES string of the molecule is CCC(=O)C1C(C)C(=O)N2Cc3cc4ccccc4nc3C2C1C(=O)OC. The predicted octanol–water partition coefficient (Wildman–Crippen LogP) is 2.65. The van der Waals surface area contributed by atoms with E-state index in [1.165, 1.54) is 7.11 Å². The van der Waals surface area contributed by atoms with E-state index in [0.717, 1.165) is 16.5 Å². The van der Waals surface area contributed by atoms with E-state index in [0.29, 0.717) is 12.2 Å². The summed E-state index contributed by atoms with van der Waals surface area (Å²) in [6.45, 7) is 3.90. The molecule has 4 unspecified atom stereocenters. The molecule has 1 saturated heterocycles. The van der Waals surface area contributed by atoms with Crippen LogP contribution in [0.5, 0.6) is 0 Å². The van der Waals surface area contributed by atoms with Crippen LogP contribution < -0.4 is 0 Å². The minimum Gasteiger partial charge on any atom is -0.469 e. The molecule has 4 atom stereocenters. The van der Waals surface area contributed by atoms with Gasteiger partial charge in [-0.1, -0.05) is 32.0 Å². The van der Waals surface area contributed by atoms with Gasteiger partial charge in [-0.05, 0) is 17.7 Å². The van der Waals surface area contributed by atoms with E-state index >= 15 is 0 Å². The number of Topliss-reactive ketones (excluding diaryl/α,β-unsaturated/α-hetero) is 1. The van der Waals surface area contributed by atoms with Crippen molar-refractivity contribution < 1.29 is 19.1 Å². The number of methoxy groups -OCH3 is 1. The van der Waals surface area contributed by atoms with Crippen LogP contribution >= 0.6 is 0 Å². The van der Waals surface area contributed by atoms with Crippen LogP contribution in [0.4, 0.5) is 0 Å². The Morgan fingerprint density at radius 1 is 1.26 bits per heavy atom. The molecule has 1 aromatic carbocycles. The molecule has 0 saturated carbocycles. The zero-order chi connectivity index (χ0) is 19.3. The molecule has 2 aromatic rings. The predicted molar refractivity (Wildman–Crippen MR) is 98.5 cm³/mol. The normalized spacial score (nSPS) is 26.6. The number of ether oxygens (including phenoxy) is 1. The number of fused-ring (bicyclic) bond motifs is 4. The van der Waals surface area contributed by atoms with Gasteiger partial charge in [0.2, 0.25) is 5.91 Å². The van der Waals surface area contributed by atoms with Crippen molar-refractivity contribution in [2.45, 2.75) is 32.9 Å². The molecule has 1 amide bonds. The largest absolute Gasteiger partial charge is 0.469 e. The molecule has 1 aromatic heterocycles. The van der Waals surface area contributed by atoms with E-state index in [4.69, 9.17) is 9.72 Å².